The molecule has 31 heavy (non-hydrogen) atoms. The van der Waals surface area contributed by atoms with Crippen LogP contribution in [-0.4, -0.2) is 47.9 Å². The van der Waals surface area contributed by atoms with E-state index in [1.807, 2.05) is 47.4 Å². The van der Waals surface area contributed by atoms with E-state index < -0.39 is 6.04 Å². The van der Waals surface area contributed by atoms with Crippen LogP contribution in [0.1, 0.15) is 45.6 Å². The van der Waals surface area contributed by atoms with Crippen molar-refractivity contribution in [3.63, 3.8) is 0 Å². The summed E-state index contributed by atoms with van der Waals surface area (Å²) in [5.41, 5.74) is 3.23. The van der Waals surface area contributed by atoms with Gasteiger partial charge in [0.05, 0.1) is 6.42 Å². The Labute approximate surface area is 186 Å². The van der Waals surface area contributed by atoms with Gasteiger partial charge in [-0.3, -0.25) is 9.59 Å². The minimum atomic E-state index is -0.450. The van der Waals surface area contributed by atoms with E-state index in [9.17, 15) is 9.59 Å². The van der Waals surface area contributed by atoms with Crippen LogP contribution in [-0.2, 0) is 16.0 Å². The fourth-order valence-electron chi connectivity index (χ4n) is 4.27. The molecule has 0 radical (unpaired) electrons. The Hall–Kier alpha value is -2.66. The summed E-state index contributed by atoms with van der Waals surface area (Å²) in [5.74, 6) is -0.0560. The van der Waals surface area contributed by atoms with Gasteiger partial charge in [-0.1, -0.05) is 74.4 Å². The zero-order valence-electron chi connectivity index (χ0n) is 18.9. The quantitative estimate of drug-likeness (QED) is 0.682. The molecule has 3 rings (SSSR count). The molecule has 0 saturated carbocycles. The third kappa shape index (κ3) is 6.66. The predicted octanol–water partition coefficient (Wildman–Crippen LogP) is 3.78. The van der Waals surface area contributed by atoms with Crippen LogP contribution in [0.5, 0.6) is 0 Å². The number of amides is 2. The van der Waals surface area contributed by atoms with Crippen molar-refractivity contribution in [3.05, 3.63) is 60.2 Å². The summed E-state index contributed by atoms with van der Waals surface area (Å²) in [7, 11) is 0. The normalized spacial score (nSPS) is 19.6. The third-order valence-corrected chi connectivity index (χ3v) is 5.77. The molecule has 0 bridgehead atoms. The second-order valence-electron chi connectivity index (χ2n) is 8.71. The van der Waals surface area contributed by atoms with Crippen LogP contribution in [0, 0.1) is 0 Å². The van der Waals surface area contributed by atoms with Crippen molar-refractivity contribution < 1.29 is 9.59 Å². The first-order valence-corrected chi connectivity index (χ1v) is 11.4. The van der Waals surface area contributed by atoms with E-state index in [1.165, 1.54) is 0 Å². The number of hydrogen-bond donors (Lipinski definition) is 2. The molecule has 166 valence electrons. The average molecular weight is 422 g/mol. The second kappa shape index (κ2) is 11.1. The summed E-state index contributed by atoms with van der Waals surface area (Å²) in [4.78, 5) is 27.8. The van der Waals surface area contributed by atoms with Crippen LogP contribution < -0.4 is 10.6 Å². The molecule has 3 atom stereocenters. The van der Waals surface area contributed by atoms with Crippen molar-refractivity contribution in [2.75, 3.05) is 13.1 Å². The molecule has 1 heterocycles. The summed E-state index contributed by atoms with van der Waals surface area (Å²) >= 11 is 0. The van der Waals surface area contributed by atoms with Gasteiger partial charge >= 0.3 is 0 Å². The molecular formula is C26H35N3O2. The predicted molar refractivity (Wildman–Crippen MR) is 126 cm³/mol. The van der Waals surface area contributed by atoms with Gasteiger partial charge in [0.1, 0.15) is 6.04 Å². The van der Waals surface area contributed by atoms with Crippen molar-refractivity contribution in [1.82, 2.24) is 15.5 Å². The highest BCUT2D eigenvalue weighted by Crippen LogP contribution is 2.19. The zero-order valence-corrected chi connectivity index (χ0v) is 18.9. The Morgan fingerprint density at radius 2 is 1.61 bits per heavy atom. The smallest absolute Gasteiger partial charge is 0.245 e. The fourth-order valence-corrected chi connectivity index (χ4v) is 4.27. The molecule has 1 aliphatic rings. The zero-order chi connectivity index (χ0) is 22.2. The number of benzene rings is 2. The lowest BCUT2D eigenvalue weighted by Crippen LogP contribution is -2.59. The summed E-state index contributed by atoms with van der Waals surface area (Å²) < 4.78 is 0. The molecule has 1 saturated heterocycles. The lowest BCUT2D eigenvalue weighted by molar-refractivity contribution is -0.138. The highest BCUT2D eigenvalue weighted by molar-refractivity contribution is 5.88. The number of nitrogens with zero attached hydrogens (tertiary/aromatic N) is 1. The number of carbonyl (C=O) groups excluding carboxylic acids is 2. The molecule has 3 unspecified atom stereocenters. The number of nitrogens with one attached hydrogen (secondary N) is 2. The van der Waals surface area contributed by atoms with Gasteiger partial charge in [-0.25, -0.2) is 0 Å². The van der Waals surface area contributed by atoms with E-state index in [1.54, 1.807) is 0 Å². The minimum Gasteiger partial charge on any atom is -0.344 e. The van der Waals surface area contributed by atoms with E-state index >= 15 is 0 Å². The largest absolute Gasteiger partial charge is 0.344 e. The first-order chi connectivity index (χ1) is 15.0. The molecule has 2 N–H and O–H groups in total. The number of unbranched alkanes of at least 4 members (excludes halogenated alkanes) is 1. The van der Waals surface area contributed by atoms with E-state index in [0.29, 0.717) is 19.5 Å². The SMILES string of the molecule is CCCCC(NC(=O)Cc1ccc(-c2ccccc2)cc1)C(=O)N1CC(C)NC(C)C1. The highest BCUT2D eigenvalue weighted by Gasteiger charge is 2.30. The maximum atomic E-state index is 13.2. The van der Waals surface area contributed by atoms with Gasteiger partial charge in [-0.2, -0.15) is 0 Å². The molecule has 1 aliphatic heterocycles. The van der Waals surface area contributed by atoms with Crippen LogP contribution in [0.15, 0.2) is 54.6 Å². The topological polar surface area (TPSA) is 61.4 Å². The first kappa shape index (κ1) is 23.0. The molecule has 0 spiro atoms. The Kier molecular flexibility index (Phi) is 8.24. The molecule has 1 fully saturated rings. The first-order valence-electron chi connectivity index (χ1n) is 11.4. The van der Waals surface area contributed by atoms with Gasteiger partial charge in [0.15, 0.2) is 0 Å². The van der Waals surface area contributed by atoms with Crippen molar-refractivity contribution in [2.24, 2.45) is 0 Å². The molecule has 2 aromatic carbocycles. The molecule has 5 heteroatoms. The van der Waals surface area contributed by atoms with Gasteiger partial charge in [0.2, 0.25) is 11.8 Å². The second-order valence-corrected chi connectivity index (χ2v) is 8.71. The molecule has 0 aromatic heterocycles. The number of hydrogen-bond acceptors (Lipinski definition) is 3. The Bertz CT molecular complexity index is 841. The van der Waals surface area contributed by atoms with E-state index in [2.05, 4.69) is 43.5 Å². The summed E-state index contributed by atoms with van der Waals surface area (Å²) in [6.45, 7) is 7.65. The summed E-state index contributed by atoms with van der Waals surface area (Å²) in [6.07, 6.45) is 2.87. The van der Waals surface area contributed by atoms with Gasteiger partial charge in [-0.15, -0.1) is 0 Å². The van der Waals surface area contributed by atoms with Crippen LogP contribution in [0.25, 0.3) is 11.1 Å². The van der Waals surface area contributed by atoms with E-state index in [4.69, 9.17) is 0 Å². The fraction of sp³-hybridized carbons (Fsp3) is 0.462. The van der Waals surface area contributed by atoms with Crippen molar-refractivity contribution in [2.45, 2.75) is 64.6 Å². The Morgan fingerprint density at radius 1 is 1.00 bits per heavy atom. The van der Waals surface area contributed by atoms with Gasteiger partial charge < -0.3 is 15.5 Å². The minimum absolute atomic E-state index is 0.0430. The van der Waals surface area contributed by atoms with Crippen molar-refractivity contribution in [1.29, 1.82) is 0 Å². The maximum Gasteiger partial charge on any atom is 0.245 e. The molecule has 2 aromatic rings. The Morgan fingerprint density at radius 3 is 2.23 bits per heavy atom. The van der Waals surface area contributed by atoms with Crippen LogP contribution >= 0.6 is 0 Å². The summed E-state index contributed by atoms with van der Waals surface area (Å²) in [5, 5.41) is 6.48. The van der Waals surface area contributed by atoms with Gasteiger partial charge in [0.25, 0.3) is 0 Å². The lowest BCUT2D eigenvalue weighted by Gasteiger charge is -2.38. The van der Waals surface area contributed by atoms with E-state index in [-0.39, 0.29) is 30.3 Å². The molecule has 2 amide bonds. The lowest BCUT2D eigenvalue weighted by atomic mass is 10.0. The molecule has 0 aliphatic carbocycles. The number of rotatable bonds is 8. The van der Waals surface area contributed by atoms with Crippen LogP contribution in [0.2, 0.25) is 0 Å². The monoisotopic (exact) mass is 421 g/mol. The highest BCUT2D eigenvalue weighted by atomic mass is 16.2. The third-order valence-electron chi connectivity index (χ3n) is 5.77. The Balaban J connectivity index is 1.61. The van der Waals surface area contributed by atoms with Crippen LogP contribution in [0.4, 0.5) is 0 Å². The maximum absolute atomic E-state index is 13.2. The summed E-state index contributed by atoms with van der Waals surface area (Å²) in [6, 6.07) is 18.3. The van der Waals surface area contributed by atoms with Gasteiger partial charge in [-0.05, 0) is 37.0 Å². The van der Waals surface area contributed by atoms with Crippen molar-refractivity contribution in [3.8, 4) is 11.1 Å². The van der Waals surface area contributed by atoms with E-state index in [0.717, 1.165) is 29.5 Å². The average Bonchev–Trinajstić information content (AvgIpc) is 2.76. The van der Waals surface area contributed by atoms with Crippen molar-refractivity contribution >= 4 is 11.8 Å². The molecular weight excluding hydrogens is 386 g/mol. The van der Waals surface area contributed by atoms with Crippen LogP contribution in [0.3, 0.4) is 0 Å². The standard InChI is InChI=1S/C26H35N3O2/c1-4-5-11-24(26(31)29-17-19(2)27-20(3)18-29)28-25(30)16-21-12-14-23(15-13-21)22-9-7-6-8-10-22/h6-10,12-15,19-20,24,27H,4-5,11,16-18H2,1-3H3,(H,28,30). The molecule has 5 nitrogen and oxygen atoms in total. The van der Waals surface area contributed by atoms with Gasteiger partial charge in [0, 0.05) is 25.2 Å². The number of piperazine rings is 1. The number of carbonyl (C=O) groups is 2.